The number of hydrazine groups is 1. The van der Waals surface area contributed by atoms with E-state index in [4.69, 9.17) is 9.47 Å². The minimum atomic E-state index is -0.650. The molecule has 0 aromatic carbocycles. The summed E-state index contributed by atoms with van der Waals surface area (Å²) in [7, 11) is 0. The Morgan fingerprint density at radius 3 is 2.91 bits per heavy atom. The molecule has 7 heteroatoms. The molecule has 1 saturated heterocycles. The van der Waals surface area contributed by atoms with Crippen molar-refractivity contribution in [1.29, 1.82) is 0 Å². The summed E-state index contributed by atoms with van der Waals surface area (Å²) in [4.78, 5) is 24.8. The first kappa shape index (κ1) is 14.9. The molecule has 2 atom stereocenters. The molecular formula is C15H18N2O4S. The van der Waals surface area contributed by atoms with Crippen LogP contribution >= 0.6 is 11.3 Å². The largest absolute Gasteiger partial charge is 0.442 e. The van der Waals surface area contributed by atoms with E-state index in [9.17, 15) is 9.59 Å². The Labute approximate surface area is 132 Å². The van der Waals surface area contributed by atoms with Crippen LogP contribution in [0.3, 0.4) is 0 Å². The van der Waals surface area contributed by atoms with Gasteiger partial charge in [-0.1, -0.05) is 6.08 Å². The number of hydrogen-bond donors (Lipinski definition) is 0. The van der Waals surface area contributed by atoms with Gasteiger partial charge in [0.05, 0.1) is 5.69 Å². The average Bonchev–Trinajstić information content (AvgIpc) is 3.07. The van der Waals surface area contributed by atoms with Crippen molar-refractivity contribution in [2.24, 2.45) is 0 Å². The second-order valence-corrected chi connectivity index (χ2v) is 6.98. The van der Waals surface area contributed by atoms with Crippen LogP contribution in [0.4, 0.5) is 15.3 Å². The molecule has 1 fully saturated rings. The Balaban J connectivity index is 1.92. The third-order valence-electron chi connectivity index (χ3n) is 3.35. The lowest BCUT2D eigenvalue weighted by atomic mass is 10.2. The fourth-order valence-corrected chi connectivity index (χ4v) is 3.12. The zero-order valence-corrected chi connectivity index (χ0v) is 13.5. The van der Waals surface area contributed by atoms with Gasteiger partial charge in [-0.05, 0) is 44.7 Å². The van der Waals surface area contributed by atoms with E-state index in [0.29, 0.717) is 12.1 Å². The fraction of sp³-hybridized carbons (Fsp3) is 0.467. The fourth-order valence-electron chi connectivity index (χ4n) is 2.51. The number of rotatable bonds is 2. The second kappa shape index (κ2) is 5.31. The van der Waals surface area contributed by atoms with Gasteiger partial charge in [-0.15, -0.1) is 0 Å². The van der Waals surface area contributed by atoms with Gasteiger partial charge in [-0.25, -0.2) is 14.6 Å². The number of anilines is 1. The van der Waals surface area contributed by atoms with E-state index in [-0.39, 0.29) is 12.1 Å². The molecule has 6 nitrogen and oxygen atoms in total. The SMILES string of the molecule is CC(C)(C)OC(=O)N(c1ccsc1)N1C(=O)O[C@@H]2C=CC[C@@H]21. The standard InChI is InChI=1S/C15H18N2O4S/c1-15(2,3)21-14(19)16(10-7-8-22-9-10)17-11-5-4-6-12(11)20-13(17)18/h4,6-9,11-12H,5H2,1-3H3/t11-,12+/m0/s1. The third-order valence-corrected chi connectivity index (χ3v) is 4.02. The lowest BCUT2D eigenvalue weighted by Gasteiger charge is -2.33. The van der Waals surface area contributed by atoms with Crippen LogP contribution in [0.15, 0.2) is 29.0 Å². The topological polar surface area (TPSA) is 59.1 Å². The summed E-state index contributed by atoms with van der Waals surface area (Å²) >= 11 is 1.44. The zero-order chi connectivity index (χ0) is 15.9. The molecule has 1 aromatic heterocycles. The Morgan fingerprint density at radius 2 is 2.27 bits per heavy atom. The van der Waals surface area contributed by atoms with Crippen LogP contribution in [0.25, 0.3) is 0 Å². The third kappa shape index (κ3) is 2.68. The first-order valence-corrected chi connectivity index (χ1v) is 8.03. The number of ether oxygens (including phenoxy) is 2. The number of nitrogens with zero attached hydrogens (tertiary/aromatic N) is 2. The highest BCUT2D eigenvalue weighted by atomic mass is 32.1. The number of carbonyl (C=O) groups is 2. The van der Waals surface area contributed by atoms with Crippen molar-refractivity contribution < 1.29 is 19.1 Å². The maximum absolute atomic E-state index is 12.6. The maximum atomic E-state index is 12.6. The quantitative estimate of drug-likeness (QED) is 0.781. The minimum Gasteiger partial charge on any atom is -0.442 e. The lowest BCUT2D eigenvalue weighted by Crippen LogP contribution is -2.53. The number of thiophene rings is 1. The molecule has 0 spiro atoms. The summed E-state index contributed by atoms with van der Waals surface area (Å²) in [6, 6.07) is 1.57. The Bertz CT molecular complexity index is 606. The van der Waals surface area contributed by atoms with Crippen molar-refractivity contribution in [3.8, 4) is 0 Å². The average molecular weight is 322 g/mol. The first-order chi connectivity index (χ1) is 10.4. The number of fused-ring (bicyclic) bond motifs is 1. The zero-order valence-electron chi connectivity index (χ0n) is 12.7. The van der Waals surface area contributed by atoms with Crippen LogP contribution in [0.2, 0.25) is 0 Å². The highest BCUT2D eigenvalue weighted by Gasteiger charge is 2.48. The Morgan fingerprint density at radius 1 is 1.50 bits per heavy atom. The lowest BCUT2D eigenvalue weighted by molar-refractivity contribution is 0.0472. The number of carbonyl (C=O) groups excluding carboxylic acids is 2. The van der Waals surface area contributed by atoms with Crippen molar-refractivity contribution in [2.75, 3.05) is 5.01 Å². The van der Waals surface area contributed by atoms with Crippen molar-refractivity contribution in [3.05, 3.63) is 29.0 Å². The number of amides is 2. The van der Waals surface area contributed by atoms with Crippen molar-refractivity contribution in [1.82, 2.24) is 5.01 Å². The molecule has 0 N–H and O–H groups in total. The van der Waals surface area contributed by atoms with Crippen LogP contribution in [-0.2, 0) is 9.47 Å². The molecule has 2 heterocycles. The first-order valence-electron chi connectivity index (χ1n) is 7.08. The highest BCUT2D eigenvalue weighted by Crippen LogP contribution is 2.33. The molecule has 118 valence electrons. The normalized spacial score (nSPS) is 23.4. The van der Waals surface area contributed by atoms with Gasteiger partial charge >= 0.3 is 12.2 Å². The van der Waals surface area contributed by atoms with Crippen LogP contribution in [0.5, 0.6) is 0 Å². The molecule has 1 aromatic rings. The van der Waals surface area contributed by atoms with Crippen LogP contribution < -0.4 is 5.01 Å². The van der Waals surface area contributed by atoms with Crippen molar-refractivity contribution >= 4 is 29.2 Å². The molecular weight excluding hydrogens is 304 g/mol. The smallest absolute Gasteiger partial charge is 0.434 e. The van der Waals surface area contributed by atoms with Gasteiger partial charge in [0.1, 0.15) is 17.7 Å². The van der Waals surface area contributed by atoms with Gasteiger partial charge in [-0.3, -0.25) is 0 Å². The van der Waals surface area contributed by atoms with E-state index >= 15 is 0 Å². The minimum absolute atomic E-state index is 0.208. The molecule has 0 bridgehead atoms. The Hall–Kier alpha value is -2.02. The molecule has 0 unspecified atom stereocenters. The second-order valence-electron chi connectivity index (χ2n) is 6.20. The summed E-state index contributed by atoms with van der Waals surface area (Å²) in [6.45, 7) is 5.37. The monoisotopic (exact) mass is 322 g/mol. The molecule has 2 aliphatic rings. The predicted octanol–water partition coefficient (Wildman–Crippen LogP) is 3.55. The Kier molecular flexibility index (Phi) is 3.60. The number of hydrogen-bond acceptors (Lipinski definition) is 5. The van der Waals surface area contributed by atoms with Crippen molar-refractivity contribution in [2.45, 2.75) is 44.9 Å². The summed E-state index contributed by atoms with van der Waals surface area (Å²) in [6.07, 6.45) is 3.03. The predicted molar refractivity (Wildman–Crippen MR) is 82.7 cm³/mol. The van der Waals surface area contributed by atoms with Crippen LogP contribution in [0, 0.1) is 0 Å². The van der Waals surface area contributed by atoms with Crippen LogP contribution in [-0.4, -0.2) is 34.9 Å². The summed E-state index contributed by atoms with van der Waals surface area (Å²) in [5.74, 6) is 0. The van der Waals surface area contributed by atoms with Gasteiger partial charge in [0.15, 0.2) is 0 Å². The van der Waals surface area contributed by atoms with E-state index in [1.54, 1.807) is 32.2 Å². The molecule has 0 radical (unpaired) electrons. The van der Waals surface area contributed by atoms with Gasteiger partial charge in [0.2, 0.25) is 0 Å². The molecule has 1 aliphatic heterocycles. The van der Waals surface area contributed by atoms with E-state index in [1.165, 1.54) is 21.4 Å². The molecule has 2 amide bonds. The molecule has 1 aliphatic carbocycles. The summed E-state index contributed by atoms with van der Waals surface area (Å²) in [5.41, 5.74) is -0.0498. The highest BCUT2D eigenvalue weighted by molar-refractivity contribution is 7.08. The summed E-state index contributed by atoms with van der Waals surface area (Å²) < 4.78 is 10.8. The van der Waals surface area contributed by atoms with Gasteiger partial charge in [-0.2, -0.15) is 16.3 Å². The van der Waals surface area contributed by atoms with Gasteiger partial charge < -0.3 is 9.47 Å². The molecule has 0 saturated carbocycles. The van der Waals surface area contributed by atoms with Crippen molar-refractivity contribution in [3.63, 3.8) is 0 Å². The van der Waals surface area contributed by atoms with Crippen LogP contribution in [0.1, 0.15) is 27.2 Å². The van der Waals surface area contributed by atoms with E-state index in [1.807, 2.05) is 17.5 Å². The van der Waals surface area contributed by atoms with Gasteiger partial charge in [0, 0.05) is 5.38 Å². The molecule has 3 rings (SSSR count). The molecule has 22 heavy (non-hydrogen) atoms. The summed E-state index contributed by atoms with van der Waals surface area (Å²) in [5, 5.41) is 6.29. The maximum Gasteiger partial charge on any atom is 0.434 e. The van der Waals surface area contributed by atoms with E-state index in [0.717, 1.165) is 0 Å². The van der Waals surface area contributed by atoms with E-state index < -0.39 is 17.8 Å². The van der Waals surface area contributed by atoms with E-state index in [2.05, 4.69) is 0 Å². The van der Waals surface area contributed by atoms with Gasteiger partial charge in [0.25, 0.3) is 0 Å².